The van der Waals surface area contributed by atoms with Crippen LogP contribution in [0.5, 0.6) is 0 Å². The number of aromatic amines is 1. The highest BCUT2D eigenvalue weighted by Crippen LogP contribution is 2.19. The van der Waals surface area contributed by atoms with E-state index in [4.69, 9.17) is 5.73 Å². The van der Waals surface area contributed by atoms with Crippen molar-refractivity contribution in [2.75, 3.05) is 5.73 Å². The van der Waals surface area contributed by atoms with Crippen molar-refractivity contribution in [2.24, 2.45) is 0 Å². The lowest BCUT2D eigenvalue weighted by Crippen LogP contribution is -1.84. The highest BCUT2D eigenvalue weighted by Gasteiger charge is 2.01. The smallest absolute Gasteiger partial charge is 0.198 e. The van der Waals surface area contributed by atoms with Crippen LogP contribution in [-0.4, -0.2) is 9.97 Å². The zero-order chi connectivity index (χ0) is 10.1. The summed E-state index contributed by atoms with van der Waals surface area (Å²) >= 11 is 0. The zero-order valence-corrected chi connectivity index (χ0v) is 8.33. The van der Waals surface area contributed by atoms with Gasteiger partial charge in [-0.25, -0.2) is 4.98 Å². The normalized spacial score (nSPS) is 12.3. The molecule has 3 heteroatoms. The summed E-state index contributed by atoms with van der Waals surface area (Å²) in [5, 5.41) is 0. The minimum Gasteiger partial charge on any atom is -0.369 e. The summed E-state index contributed by atoms with van der Waals surface area (Å²) in [4.78, 5) is 7.16. The molecular formula is C11H13N3. The second-order valence-electron chi connectivity index (χ2n) is 3.33. The SMILES string of the molecule is C/C=C(\C)c1ccc2nc(N)[nH]c2c1. The highest BCUT2D eigenvalue weighted by atomic mass is 15.0. The Balaban J connectivity index is 2.61. The van der Waals surface area contributed by atoms with E-state index >= 15 is 0 Å². The number of hydrogen-bond donors (Lipinski definition) is 2. The van der Waals surface area contributed by atoms with Gasteiger partial charge in [-0.1, -0.05) is 12.1 Å². The number of rotatable bonds is 1. The van der Waals surface area contributed by atoms with Gasteiger partial charge in [-0.2, -0.15) is 0 Å². The lowest BCUT2D eigenvalue weighted by atomic mass is 10.1. The highest BCUT2D eigenvalue weighted by molar-refractivity contribution is 5.81. The monoisotopic (exact) mass is 187 g/mol. The number of imidazole rings is 1. The van der Waals surface area contributed by atoms with Crippen molar-refractivity contribution in [3.8, 4) is 0 Å². The van der Waals surface area contributed by atoms with Gasteiger partial charge in [0, 0.05) is 0 Å². The molecule has 2 rings (SSSR count). The Morgan fingerprint density at radius 3 is 3.00 bits per heavy atom. The van der Waals surface area contributed by atoms with Crippen LogP contribution < -0.4 is 5.73 Å². The van der Waals surface area contributed by atoms with E-state index in [0.29, 0.717) is 5.95 Å². The van der Waals surface area contributed by atoms with E-state index < -0.39 is 0 Å². The van der Waals surface area contributed by atoms with Crippen LogP contribution in [0.2, 0.25) is 0 Å². The van der Waals surface area contributed by atoms with Gasteiger partial charge < -0.3 is 10.7 Å². The molecule has 0 aliphatic carbocycles. The van der Waals surface area contributed by atoms with Crippen molar-refractivity contribution in [2.45, 2.75) is 13.8 Å². The number of nitrogens with two attached hydrogens (primary N) is 1. The fraction of sp³-hybridized carbons (Fsp3) is 0.182. The van der Waals surface area contributed by atoms with E-state index in [9.17, 15) is 0 Å². The predicted octanol–water partition coefficient (Wildman–Crippen LogP) is 2.57. The van der Waals surface area contributed by atoms with Gasteiger partial charge in [0.2, 0.25) is 0 Å². The van der Waals surface area contributed by atoms with E-state index in [1.165, 1.54) is 11.1 Å². The molecule has 2 aromatic rings. The zero-order valence-electron chi connectivity index (χ0n) is 8.33. The first-order chi connectivity index (χ1) is 6.70. The number of fused-ring (bicyclic) bond motifs is 1. The van der Waals surface area contributed by atoms with Gasteiger partial charge in [-0.3, -0.25) is 0 Å². The summed E-state index contributed by atoms with van der Waals surface area (Å²) in [6.07, 6.45) is 2.08. The average molecular weight is 187 g/mol. The Kier molecular flexibility index (Phi) is 2.00. The number of aromatic nitrogens is 2. The standard InChI is InChI=1S/C11H13N3/c1-3-7(2)8-4-5-9-10(6-8)14-11(12)13-9/h3-6H,1-2H3,(H3,12,13,14)/b7-3+. The van der Waals surface area contributed by atoms with Gasteiger partial charge >= 0.3 is 0 Å². The molecule has 1 heterocycles. The van der Waals surface area contributed by atoms with E-state index in [1.807, 2.05) is 13.0 Å². The fourth-order valence-corrected chi connectivity index (χ4v) is 1.44. The number of benzene rings is 1. The average Bonchev–Trinajstić information content (AvgIpc) is 2.55. The summed E-state index contributed by atoms with van der Waals surface area (Å²) < 4.78 is 0. The van der Waals surface area contributed by atoms with Crippen molar-refractivity contribution in [1.29, 1.82) is 0 Å². The van der Waals surface area contributed by atoms with Gasteiger partial charge in [0.05, 0.1) is 11.0 Å². The van der Waals surface area contributed by atoms with Crippen LogP contribution in [0.25, 0.3) is 16.6 Å². The van der Waals surface area contributed by atoms with Crippen LogP contribution in [0.1, 0.15) is 19.4 Å². The van der Waals surface area contributed by atoms with Gasteiger partial charge in [0.25, 0.3) is 0 Å². The second-order valence-corrected chi connectivity index (χ2v) is 3.33. The number of hydrogen-bond acceptors (Lipinski definition) is 2. The van der Waals surface area contributed by atoms with E-state index in [-0.39, 0.29) is 0 Å². The van der Waals surface area contributed by atoms with E-state index in [0.717, 1.165) is 11.0 Å². The van der Waals surface area contributed by atoms with Gasteiger partial charge in [-0.05, 0) is 37.1 Å². The Morgan fingerprint density at radius 1 is 1.50 bits per heavy atom. The third-order valence-electron chi connectivity index (χ3n) is 2.39. The van der Waals surface area contributed by atoms with Crippen LogP contribution in [0.15, 0.2) is 24.3 Å². The minimum absolute atomic E-state index is 0.468. The molecule has 0 radical (unpaired) electrons. The molecule has 0 atom stereocenters. The molecule has 72 valence electrons. The molecular weight excluding hydrogens is 174 g/mol. The van der Waals surface area contributed by atoms with Crippen LogP contribution in [-0.2, 0) is 0 Å². The van der Waals surface area contributed by atoms with Crippen molar-refractivity contribution in [3.05, 3.63) is 29.8 Å². The van der Waals surface area contributed by atoms with E-state index in [1.54, 1.807) is 0 Å². The maximum Gasteiger partial charge on any atom is 0.198 e. The van der Waals surface area contributed by atoms with Crippen LogP contribution >= 0.6 is 0 Å². The number of nitrogen functional groups attached to an aromatic ring is 1. The molecule has 1 aromatic carbocycles. The summed E-state index contributed by atoms with van der Waals surface area (Å²) in [6.45, 7) is 4.11. The third-order valence-corrected chi connectivity index (χ3v) is 2.39. The first-order valence-electron chi connectivity index (χ1n) is 4.59. The molecule has 0 saturated carbocycles. The van der Waals surface area contributed by atoms with Crippen LogP contribution in [0, 0.1) is 0 Å². The maximum absolute atomic E-state index is 5.57. The molecule has 0 bridgehead atoms. The van der Waals surface area contributed by atoms with Crippen molar-refractivity contribution < 1.29 is 0 Å². The first kappa shape index (κ1) is 8.81. The fourth-order valence-electron chi connectivity index (χ4n) is 1.44. The van der Waals surface area contributed by atoms with Gasteiger partial charge in [0.1, 0.15) is 0 Å². The van der Waals surface area contributed by atoms with Crippen LogP contribution in [0.4, 0.5) is 5.95 Å². The Labute approximate surface area is 82.7 Å². The largest absolute Gasteiger partial charge is 0.369 e. The summed E-state index contributed by atoms with van der Waals surface area (Å²) in [5.74, 6) is 0.468. The van der Waals surface area contributed by atoms with Crippen molar-refractivity contribution in [1.82, 2.24) is 9.97 Å². The van der Waals surface area contributed by atoms with E-state index in [2.05, 4.69) is 35.1 Å². The molecule has 3 N–H and O–H groups in total. The number of allylic oxidation sites excluding steroid dienone is 2. The molecule has 0 spiro atoms. The predicted molar refractivity (Wildman–Crippen MR) is 59.8 cm³/mol. The Hall–Kier alpha value is -1.77. The molecule has 14 heavy (non-hydrogen) atoms. The number of anilines is 1. The molecule has 1 aromatic heterocycles. The first-order valence-corrected chi connectivity index (χ1v) is 4.59. The Morgan fingerprint density at radius 2 is 2.29 bits per heavy atom. The number of H-pyrrole nitrogens is 1. The third kappa shape index (κ3) is 1.37. The molecule has 0 aliphatic rings. The number of nitrogens with one attached hydrogen (secondary N) is 1. The lowest BCUT2D eigenvalue weighted by molar-refractivity contribution is 1.35. The minimum atomic E-state index is 0.468. The van der Waals surface area contributed by atoms with Crippen LogP contribution in [0.3, 0.4) is 0 Å². The maximum atomic E-state index is 5.57. The lowest BCUT2D eigenvalue weighted by Gasteiger charge is -1.99. The summed E-state index contributed by atoms with van der Waals surface area (Å²) in [7, 11) is 0. The molecule has 0 amide bonds. The topological polar surface area (TPSA) is 54.7 Å². The quantitative estimate of drug-likeness (QED) is 0.720. The van der Waals surface area contributed by atoms with Gasteiger partial charge in [0.15, 0.2) is 5.95 Å². The summed E-state index contributed by atoms with van der Waals surface area (Å²) in [6, 6.07) is 6.09. The summed E-state index contributed by atoms with van der Waals surface area (Å²) in [5.41, 5.74) is 9.92. The molecule has 3 nitrogen and oxygen atoms in total. The van der Waals surface area contributed by atoms with Crippen molar-refractivity contribution in [3.63, 3.8) is 0 Å². The van der Waals surface area contributed by atoms with Gasteiger partial charge in [-0.15, -0.1) is 0 Å². The molecule has 0 fully saturated rings. The second kappa shape index (κ2) is 3.18. The Bertz CT molecular complexity index is 494. The molecule has 0 aliphatic heterocycles. The molecule has 0 unspecified atom stereocenters. The number of nitrogens with zero attached hydrogens (tertiary/aromatic N) is 1. The molecule has 0 saturated heterocycles. The van der Waals surface area contributed by atoms with Crippen molar-refractivity contribution >= 4 is 22.6 Å².